The molecule has 2 aliphatic heterocycles. The predicted octanol–water partition coefficient (Wildman–Crippen LogP) is 2.93. The largest absolute Gasteiger partial charge is 0.493 e. The van der Waals surface area contributed by atoms with Crippen molar-refractivity contribution >= 4 is 11.8 Å². The van der Waals surface area contributed by atoms with E-state index in [4.69, 9.17) is 23.7 Å². The van der Waals surface area contributed by atoms with E-state index in [2.05, 4.69) is 5.32 Å². The van der Waals surface area contributed by atoms with Crippen LogP contribution in [0.5, 0.6) is 23.0 Å². The minimum atomic E-state index is -0.702. The Morgan fingerprint density at radius 2 is 1.66 bits per heavy atom. The lowest BCUT2D eigenvalue weighted by Gasteiger charge is -2.40. The summed E-state index contributed by atoms with van der Waals surface area (Å²) in [5.74, 6) is 0.835. The van der Waals surface area contributed by atoms with Crippen LogP contribution >= 0.6 is 0 Å². The first-order valence-electron chi connectivity index (χ1n) is 11.6. The number of hydrogen-bond acceptors (Lipinski definition) is 7. The Kier molecular flexibility index (Phi) is 7.35. The van der Waals surface area contributed by atoms with Crippen molar-refractivity contribution in [3.05, 3.63) is 47.0 Å². The number of fused-ring (bicyclic) bond motifs is 1. The van der Waals surface area contributed by atoms with Gasteiger partial charge in [-0.15, -0.1) is 0 Å². The maximum atomic E-state index is 13.8. The molecular weight excluding hydrogens is 452 g/mol. The van der Waals surface area contributed by atoms with E-state index < -0.39 is 12.0 Å². The summed E-state index contributed by atoms with van der Waals surface area (Å²) >= 11 is 0. The van der Waals surface area contributed by atoms with Gasteiger partial charge in [-0.05, 0) is 48.2 Å². The lowest BCUT2D eigenvalue weighted by molar-refractivity contribution is -0.124. The molecule has 2 aromatic rings. The molecule has 9 heteroatoms. The predicted molar refractivity (Wildman–Crippen MR) is 129 cm³/mol. The maximum Gasteiger partial charge on any atom is 0.254 e. The molecule has 0 saturated carbocycles. The van der Waals surface area contributed by atoms with Crippen LogP contribution in [0.25, 0.3) is 0 Å². The van der Waals surface area contributed by atoms with E-state index in [1.807, 2.05) is 6.07 Å². The van der Waals surface area contributed by atoms with Gasteiger partial charge < -0.3 is 33.9 Å². The van der Waals surface area contributed by atoms with Crippen molar-refractivity contribution < 1.29 is 33.3 Å². The summed E-state index contributed by atoms with van der Waals surface area (Å²) in [5.41, 5.74) is 1.73. The first kappa shape index (κ1) is 24.7. The number of rotatable bonds is 8. The average Bonchev–Trinajstić information content (AvgIpc) is 3.41. The van der Waals surface area contributed by atoms with E-state index in [9.17, 15) is 9.59 Å². The van der Waals surface area contributed by atoms with Crippen molar-refractivity contribution in [3.8, 4) is 23.0 Å². The van der Waals surface area contributed by atoms with Gasteiger partial charge >= 0.3 is 0 Å². The molecule has 4 rings (SSSR count). The van der Waals surface area contributed by atoms with Crippen molar-refractivity contribution in [2.24, 2.45) is 0 Å². The number of carbonyl (C=O) groups is 2. The summed E-state index contributed by atoms with van der Waals surface area (Å²) in [7, 11) is 7.85. The molecular formula is C26H32N2O7. The van der Waals surface area contributed by atoms with Crippen LogP contribution in [0.15, 0.2) is 30.3 Å². The first-order valence-corrected chi connectivity index (χ1v) is 11.6. The molecule has 1 fully saturated rings. The summed E-state index contributed by atoms with van der Waals surface area (Å²) in [6.07, 6.45) is 1.88. The zero-order valence-electron chi connectivity index (χ0n) is 20.8. The molecule has 0 spiro atoms. The van der Waals surface area contributed by atoms with Crippen molar-refractivity contribution in [3.63, 3.8) is 0 Å². The zero-order chi connectivity index (χ0) is 25.1. The van der Waals surface area contributed by atoms with Gasteiger partial charge in [0.15, 0.2) is 23.0 Å². The molecule has 0 aliphatic carbocycles. The third-order valence-electron chi connectivity index (χ3n) is 6.73. The van der Waals surface area contributed by atoms with Crippen LogP contribution in [0.2, 0.25) is 0 Å². The number of amides is 2. The number of hydrogen-bond donors (Lipinski definition) is 1. The van der Waals surface area contributed by atoms with Gasteiger partial charge in [0.25, 0.3) is 5.91 Å². The van der Waals surface area contributed by atoms with Gasteiger partial charge in [0.05, 0.1) is 46.5 Å². The monoisotopic (exact) mass is 484 g/mol. The summed E-state index contributed by atoms with van der Waals surface area (Å²) in [6, 6.07) is 8.21. The van der Waals surface area contributed by atoms with Gasteiger partial charge in [0.2, 0.25) is 5.91 Å². The molecule has 2 aliphatic rings. The van der Waals surface area contributed by atoms with E-state index in [-0.39, 0.29) is 17.9 Å². The normalized spacial score (nSPS) is 21.3. The molecule has 1 N–H and O–H groups in total. The van der Waals surface area contributed by atoms with Crippen LogP contribution in [-0.2, 0) is 9.53 Å². The van der Waals surface area contributed by atoms with Crippen LogP contribution in [0, 0.1) is 0 Å². The number of benzene rings is 2. The molecule has 1 saturated heterocycles. The summed E-state index contributed by atoms with van der Waals surface area (Å²) in [6.45, 7) is 1.11. The number of carbonyl (C=O) groups excluding carboxylic acids is 2. The fourth-order valence-electron chi connectivity index (χ4n) is 4.91. The highest BCUT2D eigenvalue weighted by atomic mass is 16.5. The molecule has 2 heterocycles. The molecule has 0 bridgehead atoms. The molecule has 188 valence electrons. The molecule has 2 amide bonds. The van der Waals surface area contributed by atoms with Crippen LogP contribution in [0.4, 0.5) is 0 Å². The highest BCUT2D eigenvalue weighted by molar-refractivity contribution is 6.02. The Morgan fingerprint density at radius 1 is 1.00 bits per heavy atom. The fraction of sp³-hybridized carbons (Fsp3) is 0.462. The van der Waals surface area contributed by atoms with Crippen molar-refractivity contribution in [1.29, 1.82) is 0 Å². The first-order chi connectivity index (χ1) is 16.9. The molecule has 9 nitrogen and oxygen atoms in total. The van der Waals surface area contributed by atoms with Crippen LogP contribution in [-0.4, -0.2) is 71.5 Å². The summed E-state index contributed by atoms with van der Waals surface area (Å²) in [5, 5.41) is 3.06. The smallest absolute Gasteiger partial charge is 0.254 e. The SMILES string of the molecule is COc1ccc([C@H]2[C@@H](C(=O)NC[C@@H]3CCCO3)c3cc(OC)c(OC)cc3C(=O)N2C)cc1OC. The van der Waals surface area contributed by atoms with Crippen LogP contribution < -0.4 is 24.3 Å². The molecule has 0 aromatic heterocycles. The number of ether oxygens (including phenoxy) is 5. The standard InChI is InChI=1S/C26H32N2O7/c1-28-24(15-8-9-19(31-2)20(11-15)32-3)23(25(29)27-14-16-7-6-10-35-16)17-12-21(33-4)22(34-5)13-18(17)26(28)30/h8-9,11-13,16,23-24H,6-7,10,14H2,1-5H3,(H,27,29)/t16-,23-,24-/m0/s1. The second-order valence-corrected chi connectivity index (χ2v) is 8.63. The second-order valence-electron chi connectivity index (χ2n) is 8.63. The molecule has 0 unspecified atom stereocenters. The third kappa shape index (κ3) is 4.60. The summed E-state index contributed by atoms with van der Waals surface area (Å²) < 4.78 is 27.5. The highest BCUT2D eigenvalue weighted by Gasteiger charge is 2.44. The fourth-order valence-corrected chi connectivity index (χ4v) is 4.91. The van der Waals surface area contributed by atoms with E-state index >= 15 is 0 Å². The van der Waals surface area contributed by atoms with Gasteiger partial charge in [-0.3, -0.25) is 9.59 Å². The molecule has 3 atom stereocenters. The second kappa shape index (κ2) is 10.4. The van der Waals surface area contributed by atoms with Gasteiger partial charge in [0, 0.05) is 25.8 Å². The molecule has 2 aromatic carbocycles. The molecule has 0 radical (unpaired) electrons. The number of nitrogens with zero attached hydrogens (tertiary/aromatic N) is 1. The van der Waals surface area contributed by atoms with Crippen molar-refractivity contribution in [2.45, 2.75) is 30.9 Å². The third-order valence-corrected chi connectivity index (χ3v) is 6.73. The van der Waals surface area contributed by atoms with Crippen molar-refractivity contribution in [1.82, 2.24) is 10.2 Å². The maximum absolute atomic E-state index is 13.8. The van der Waals surface area contributed by atoms with E-state index in [1.54, 1.807) is 50.4 Å². The quantitative estimate of drug-likeness (QED) is 0.616. The minimum absolute atomic E-state index is 0.00805. The van der Waals surface area contributed by atoms with E-state index in [1.165, 1.54) is 14.2 Å². The average molecular weight is 485 g/mol. The van der Waals surface area contributed by atoms with Crippen LogP contribution in [0.1, 0.15) is 46.3 Å². The number of nitrogens with one attached hydrogen (secondary N) is 1. The van der Waals surface area contributed by atoms with E-state index in [0.29, 0.717) is 47.3 Å². The Hall–Kier alpha value is -3.46. The summed E-state index contributed by atoms with van der Waals surface area (Å²) in [4.78, 5) is 28.8. The Morgan fingerprint density at radius 3 is 2.29 bits per heavy atom. The lowest BCUT2D eigenvalue weighted by atomic mass is 9.79. The number of likely N-dealkylation sites (N-methyl/N-ethyl adjacent to an activating group) is 1. The Labute approximate surface area is 205 Å². The Balaban J connectivity index is 1.82. The van der Waals surface area contributed by atoms with Gasteiger partial charge in [0.1, 0.15) is 0 Å². The van der Waals surface area contributed by atoms with Crippen molar-refractivity contribution in [2.75, 3.05) is 48.6 Å². The Bertz CT molecular complexity index is 1100. The van der Waals surface area contributed by atoms with Gasteiger partial charge in [-0.1, -0.05) is 6.07 Å². The van der Waals surface area contributed by atoms with Crippen LogP contribution in [0.3, 0.4) is 0 Å². The lowest BCUT2D eigenvalue weighted by Crippen LogP contribution is -2.46. The highest BCUT2D eigenvalue weighted by Crippen LogP contribution is 2.46. The van der Waals surface area contributed by atoms with Gasteiger partial charge in [-0.25, -0.2) is 0 Å². The number of methoxy groups -OCH3 is 4. The zero-order valence-corrected chi connectivity index (χ0v) is 20.8. The molecule has 35 heavy (non-hydrogen) atoms. The van der Waals surface area contributed by atoms with E-state index in [0.717, 1.165) is 18.4 Å². The van der Waals surface area contributed by atoms with Gasteiger partial charge in [-0.2, -0.15) is 0 Å². The topological polar surface area (TPSA) is 95.6 Å². The minimum Gasteiger partial charge on any atom is -0.493 e.